The van der Waals surface area contributed by atoms with Gasteiger partial charge in [-0.3, -0.25) is 0 Å². The summed E-state index contributed by atoms with van der Waals surface area (Å²) in [5.41, 5.74) is 1.01. The number of amides is 2. The molecule has 25 heavy (non-hydrogen) atoms. The third-order valence-electron chi connectivity index (χ3n) is 4.32. The van der Waals surface area contributed by atoms with Crippen molar-refractivity contribution in [2.45, 2.75) is 52.1 Å². The van der Waals surface area contributed by atoms with E-state index in [9.17, 15) is 4.79 Å². The lowest BCUT2D eigenvalue weighted by molar-refractivity contribution is 0.234. The Morgan fingerprint density at radius 1 is 1.12 bits per heavy atom. The van der Waals surface area contributed by atoms with E-state index in [1.807, 2.05) is 48.1 Å². The highest BCUT2D eigenvalue weighted by Crippen LogP contribution is 2.20. The minimum Gasteiger partial charge on any atom is -0.336 e. The number of nitrogens with zero attached hydrogens (tertiary/aromatic N) is 2. The molecule has 0 saturated carbocycles. The lowest BCUT2D eigenvalue weighted by Crippen LogP contribution is -2.43. The first kappa shape index (κ1) is 19.0. The number of aryl methyl sites for hydroxylation is 1. The number of hydrogen-bond acceptors (Lipinski definition) is 2. The Bertz CT molecular complexity index is 651. The van der Waals surface area contributed by atoms with Gasteiger partial charge >= 0.3 is 6.03 Å². The van der Waals surface area contributed by atoms with Gasteiger partial charge < -0.3 is 15.2 Å². The molecule has 2 rings (SSSR count). The van der Waals surface area contributed by atoms with Crippen LogP contribution in [0.4, 0.5) is 4.79 Å². The first-order valence-corrected chi connectivity index (χ1v) is 9.06. The average Bonchev–Trinajstić information content (AvgIpc) is 2.99. The van der Waals surface area contributed by atoms with E-state index in [1.54, 1.807) is 6.20 Å². The van der Waals surface area contributed by atoms with Gasteiger partial charge in [-0.2, -0.15) is 0 Å². The van der Waals surface area contributed by atoms with Crippen molar-refractivity contribution >= 4 is 6.03 Å². The molecule has 1 aromatic heterocycles. The molecule has 5 nitrogen and oxygen atoms in total. The van der Waals surface area contributed by atoms with Crippen molar-refractivity contribution in [2.24, 2.45) is 13.0 Å². The number of rotatable bonds is 8. The molecule has 0 aliphatic heterocycles. The lowest BCUT2D eigenvalue weighted by Gasteiger charge is -2.21. The highest BCUT2D eigenvalue weighted by molar-refractivity contribution is 5.75. The van der Waals surface area contributed by atoms with E-state index in [0.29, 0.717) is 5.92 Å². The van der Waals surface area contributed by atoms with Crippen LogP contribution < -0.4 is 10.6 Å². The maximum atomic E-state index is 12.5. The highest BCUT2D eigenvalue weighted by Gasteiger charge is 2.21. The van der Waals surface area contributed by atoms with Gasteiger partial charge in [0.15, 0.2) is 0 Å². The SMILES string of the molecule is CC(C)CCCC(C)NC(=O)NC(c1ccccc1)c1nccn1C. The van der Waals surface area contributed by atoms with Crippen LogP contribution >= 0.6 is 0 Å². The van der Waals surface area contributed by atoms with Crippen molar-refractivity contribution in [3.8, 4) is 0 Å². The smallest absolute Gasteiger partial charge is 0.315 e. The van der Waals surface area contributed by atoms with E-state index in [1.165, 1.54) is 6.42 Å². The van der Waals surface area contributed by atoms with Crippen LogP contribution in [-0.4, -0.2) is 21.6 Å². The number of hydrogen-bond donors (Lipinski definition) is 2. The van der Waals surface area contributed by atoms with Gasteiger partial charge in [0, 0.05) is 25.5 Å². The second kappa shape index (κ2) is 9.25. The predicted molar refractivity (Wildman–Crippen MR) is 101 cm³/mol. The van der Waals surface area contributed by atoms with Crippen LogP contribution in [0.5, 0.6) is 0 Å². The van der Waals surface area contributed by atoms with Gasteiger partial charge in [0.2, 0.25) is 0 Å². The van der Waals surface area contributed by atoms with E-state index < -0.39 is 0 Å². The summed E-state index contributed by atoms with van der Waals surface area (Å²) in [4.78, 5) is 16.9. The fraction of sp³-hybridized carbons (Fsp3) is 0.500. The number of urea groups is 1. The van der Waals surface area contributed by atoms with E-state index in [-0.39, 0.29) is 18.1 Å². The Morgan fingerprint density at radius 3 is 2.44 bits per heavy atom. The minimum absolute atomic E-state index is 0.150. The minimum atomic E-state index is -0.274. The van der Waals surface area contributed by atoms with E-state index in [2.05, 4.69) is 36.4 Å². The van der Waals surface area contributed by atoms with Crippen LogP contribution in [0.2, 0.25) is 0 Å². The Hall–Kier alpha value is -2.30. The summed E-state index contributed by atoms with van der Waals surface area (Å²) in [5, 5.41) is 6.12. The Kier molecular flexibility index (Phi) is 7.04. The molecule has 2 aromatic rings. The van der Waals surface area contributed by atoms with Crippen LogP contribution in [0.1, 0.15) is 57.5 Å². The number of carbonyl (C=O) groups is 1. The molecule has 2 unspecified atom stereocenters. The number of benzene rings is 1. The van der Waals surface area contributed by atoms with E-state index >= 15 is 0 Å². The van der Waals surface area contributed by atoms with Gasteiger partial charge in [0.25, 0.3) is 0 Å². The molecular formula is C20H30N4O. The Morgan fingerprint density at radius 2 is 1.84 bits per heavy atom. The van der Waals surface area contributed by atoms with Gasteiger partial charge in [0.1, 0.15) is 11.9 Å². The summed E-state index contributed by atoms with van der Waals surface area (Å²) in [6.45, 7) is 6.50. The molecule has 0 aliphatic carbocycles. The second-order valence-corrected chi connectivity index (χ2v) is 7.08. The summed E-state index contributed by atoms with van der Waals surface area (Å²) < 4.78 is 1.93. The number of carbonyl (C=O) groups excluding carboxylic acids is 1. The molecule has 2 amide bonds. The molecule has 5 heteroatoms. The summed E-state index contributed by atoms with van der Waals surface area (Å²) in [6.07, 6.45) is 6.94. The number of imidazole rings is 1. The Balaban J connectivity index is 2.00. The van der Waals surface area contributed by atoms with Crippen LogP contribution in [-0.2, 0) is 7.05 Å². The number of nitrogens with one attached hydrogen (secondary N) is 2. The maximum Gasteiger partial charge on any atom is 0.315 e. The van der Waals surface area contributed by atoms with Crippen LogP contribution in [0.15, 0.2) is 42.7 Å². The molecular weight excluding hydrogens is 312 g/mol. The monoisotopic (exact) mass is 342 g/mol. The zero-order chi connectivity index (χ0) is 18.2. The van der Waals surface area contributed by atoms with Crippen molar-refractivity contribution in [3.63, 3.8) is 0 Å². The van der Waals surface area contributed by atoms with Crippen LogP contribution in [0, 0.1) is 5.92 Å². The second-order valence-electron chi connectivity index (χ2n) is 7.08. The van der Waals surface area contributed by atoms with E-state index in [4.69, 9.17) is 0 Å². The van der Waals surface area contributed by atoms with Gasteiger partial charge in [-0.15, -0.1) is 0 Å². The molecule has 0 fully saturated rings. The first-order chi connectivity index (χ1) is 12.0. The van der Waals surface area contributed by atoms with Crippen molar-refractivity contribution in [3.05, 3.63) is 54.1 Å². The molecule has 2 N–H and O–H groups in total. The van der Waals surface area contributed by atoms with Gasteiger partial charge in [-0.05, 0) is 24.8 Å². The fourth-order valence-electron chi connectivity index (χ4n) is 2.90. The normalized spacial score (nSPS) is 13.5. The largest absolute Gasteiger partial charge is 0.336 e. The molecule has 136 valence electrons. The highest BCUT2D eigenvalue weighted by atomic mass is 16.2. The van der Waals surface area contributed by atoms with Gasteiger partial charge in [0.05, 0.1) is 0 Å². The molecule has 1 heterocycles. The third-order valence-corrected chi connectivity index (χ3v) is 4.32. The third kappa shape index (κ3) is 5.93. The van der Waals surface area contributed by atoms with Crippen molar-refractivity contribution in [1.29, 1.82) is 0 Å². The molecule has 0 radical (unpaired) electrons. The zero-order valence-corrected chi connectivity index (χ0v) is 15.7. The maximum absolute atomic E-state index is 12.5. The summed E-state index contributed by atoms with van der Waals surface area (Å²) >= 11 is 0. The molecule has 0 bridgehead atoms. The number of aromatic nitrogens is 2. The first-order valence-electron chi connectivity index (χ1n) is 9.06. The zero-order valence-electron chi connectivity index (χ0n) is 15.7. The topological polar surface area (TPSA) is 59.0 Å². The Labute approximate surface area is 150 Å². The van der Waals surface area contributed by atoms with Crippen molar-refractivity contribution < 1.29 is 4.79 Å². The molecule has 2 atom stereocenters. The predicted octanol–water partition coefficient (Wildman–Crippen LogP) is 4.02. The average molecular weight is 342 g/mol. The molecule has 1 aromatic carbocycles. The van der Waals surface area contributed by atoms with Crippen molar-refractivity contribution in [2.75, 3.05) is 0 Å². The van der Waals surface area contributed by atoms with Gasteiger partial charge in [-0.25, -0.2) is 9.78 Å². The quantitative estimate of drug-likeness (QED) is 0.761. The summed E-state index contributed by atoms with van der Waals surface area (Å²) in [7, 11) is 1.94. The van der Waals surface area contributed by atoms with Crippen LogP contribution in [0.3, 0.4) is 0 Å². The van der Waals surface area contributed by atoms with Crippen LogP contribution in [0.25, 0.3) is 0 Å². The summed E-state index contributed by atoms with van der Waals surface area (Å²) in [5.74, 6) is 1.51. The fourth-order valence-corrected chi connectivity index (χ4v) is 2.90. The summed E-state index contributed by atoms with van der Waals surface area (Å²) in [6, 6.07) is 9.64. The van der Waals surface area contributed by atoms with Gasteiger partial charge in [-0.1, -0.05) is 57.0 Å². The molecule has 0 aliphatic rings. The molecule has 0 spiro atoms. The lowest BCUT2D eigenvalue weighted by atomic mass is 10.0. The van der Waals surface area contributed by atoms with Crippen molar-refractivity contribution in [1.82, 2.24) is 20.2 Å². The standard InChI is InChI=1S/C20H30N4O/c1-15(2)9-8-10-16(3)22-20(25)23-18(17-11-6-5-7-12-17)19-21-13-14-24(19)4/h5-7,11-16,18H,8-10H2,1-4H3,(H2,22,23,25). The molecule has 0 saturated heterocycles. The van der Waals surface area contributed by atoms with E-state index in [0.717, 1.165) is 24.2 Å².